The van der Waals surface area contributed by atoms with Gasteiger partial charge in [0.25, 0.3) is 0 Å². The maximum Gasteiger partial charge on any atom is 0.191 e. The van der Waals surface area contributed by atoms with Crippen LogP contribution in [0.2, 0.25) is 0 Å². The van der Waals surface area contributed by atoms with E-state index in [9.17, 15) is 0 Å². The molecule has 0 fully saturated rings. The first-order valence-corrected chi connectivity index (χ1v) is 9.03. The molecular weight excluding hydrogens is 308 g/mol. The van der Waals surface area contributed by atoms with Gasteiger partial charge in [-0.3, -0.25) is 4.99 Å². The smallest absolute Gasteiger partial charge is 0.191 e. The minimum absolute atomic E-state index is 0.329. The quantitative estimate of drug-likeness (QED) is 0.573. The van der Waals surface area contributed by atoms with Gasteiger partial charge in [0.2, 0.25) is 0 Å². The van der Waals surface area contributed by atoms with E-state index in [4.69, 9.17) is 9.41 Å². The lowest BCUT2D eigenvalue weighted by Gasteiger charge is -2.17. The Morgan fingerprint density at radius 3 is 2.96 bits per heavy atom. The van der Waals surface area contributed by atoms with Crippen LogP contribution in [0.4, 0.5) is 0 Å². The number of hydrogen-bond acceptors (Lipinski definition) is 4. The Hall–Kier alpha value is -1.82. The fraction of sp³-hybridized carbons (Fsp3) is 0.529. The number of rotatable bonds is 8. The molecule has 0 radical (unpaired) electrons. The third kappa shape index (κ3) is 6.06. The van der Waals surface area contributed by atoms with Crippen LogP contribution < -0.4 is 10.6 Å². The zero-order valence-corrected chi connectivity index (χ0v) is 14.9. The summed E-state index contributed by atoms with van der Waals surface area (Å²) < 4.78 is 5.36. The number of nitrogens with one attached hydrogen (secondary N) is 2. The third-order valence-corrected chi connectivity index (χ3v) is 4.64. The van der Waals surface area contributed by atoms with E-state index in [1.807, 2.05) is 23.7 Å². The van der Waals surface area contributed by atoms with Crippen molar-refractivity contribution < 1.29 is 4.42 Å². The SMILES string of the molecule is CCC(C)NC(=NCC(C)c1nccs1)NCCc1ccco1. The van der Waals surface area contributed by atoms with Crippen molar-refractivity contribution in [3.05, 3.63) is 40.7 Å². The van der Waals surface area contributed by atoms with E-state index in [0.29, 0.717) is 12.0 Å². The lowest BCUT2D eigenvalue weighted by atomic mass is 10.2. The molecular formula is C17H26N4OS. The van der Waals surface area contributed by atoms with Crippen molar-refractivity contribution in [1.29, 1.82) is 0 Å². The fourth-order valence-corrected chi connectivity index (χ4v) is 2.72. The average Bonchev–Trinajstić information content (AvgIpc) is 3.25. The van der Waals surface area contributed by atoms with E-state index in [-0.39, 0.29) is 0 Å². The lowest BCUT2D eigenvalue weighted by Crippen LogP contribution is -2.43. The Labute approximate surface area is 142 Å². The summed E-state index contributed by atoms with van der Waals surface area (Å²) in [6.07, 6.45) is 5.45. The standard InChI is InChI=1S/C17H26N4OS/c1-4-14(3)21-17(19-8-7-15-6-5-10-22-15)20-12-13(2)16-18-9-11-23-16/h5-6,9-11,13-14H,4,7-8,12H2,1-3H3,(H2,19,20,21). The van der Waals surface area contributed by atoms with E-state index >= 15 is 0 Å². The highest BCUT2D eigenvalue weighted by atomic mass is 32.1. The van der Waals surface area contributed by atoms with Gasteiger partial charge in [0, 0.05) is 36.5 Å². The van der Waals surface area contributed by atoms with E-state index in [0.717, 1.165) is 42.7 Å². The van der Waals surface area contributed by atoms with Gasteiger partial charge in [0.15, 0.2) is 5.96 Å². The van der Waals surface area contributed by atoms with E-state index in [2.05, 4.69) is 36.4 Å². The molecule has 0 aromatic carbocycles. The van der Waals surface area contributed by atoms with Gasteiger partial charge in [-0.05, 0) is 25.5 Å². The molecule has 23 heavy (non-hydrogen) atoms. The molecule has 0 spiro atoms. The molecule has 0 aliphatic rings. The summed E-state index contributed by atoms with van der Waals surface area (Å²) in [5, 5.41) is 9.97. The van der Waals surface area contributed by atoms with Crippen LogP contribution in [-0.4, -0.2) is 30.1 Å². The van der Waals surface area contributed by atoms with Gasteiger partial charge in [0.05, 0.1) is 17.8 Å². The van der Waals surface area contributed by atoms with Crippen molar-refractivity contribution in [3.8, 4) is 0 Å². The molecule has 0 aliphatic carbocycles. The highest BCUT2D eigenvalue weighted by Crippen LogP contribution is 2.17. The summed E-state index contributed by atoms with van der Waals surface area (Å²) in [6.45, 7) is 8.00. The number of nitrogens with zero attached hydrogens (tertiary/aromatic N) is 2. The maximum absolute atomic E-state index is 5.36. The first kappa shape index (κ1) is 17.5. The normalized spacial score (nSPS) is 14.5. The van der Waals surface area contributed by atoms with Crippen molar-refractivity contribution in [2.24, 2.45) is 4.99 Å². The van der Waals surface area contributed by atoms with E-state index < -0.39 is 0 Å². The van der Waals surface area contributed by atoms with Crippen LogP contribution in [0.5, 0.6) is 0 Å². The second-order valence-corrected chi connectivity index (χ2v) is 6.60. The van der Waals surface area contributed by atoms with Gasteiger partial charge in [0.1, 0.15) is 5.76 Å². The molecule has 6 heteroatoms. The number of hydrogen-bond donors (Lipinski definition) is 2. The molecule has 0 amide bonds. The van der Waals surface area contributed by atoms with Gasteiger partial charge in [-0.15, -0.1) is 11.3 Å². The Balaban J connectivity index is 1.88. The number of aliphatic imine (C=N–C) groups is 1. The topological polar surface area (TPSA) is 62.5 Å². The van der Waals surface area contributed by atoms with Crippen LogP contribution in [-0.2, 0) is 6.42 Å². The summed E-state index contributed by atoms with van der Waals surface area (Å²) in [5.74, 6) is 2.17. The molecule has 0 aliphatic heterocycles. The monoisotopic (exact) mass is 334 g/mol. The summed E-state index contributed by atoms with van der Waals surface area (Å²) >= 11 is 1.68. The first-order chi connectivity index (χ1) is 11.2. The third-order valence-electron chi connectivity index (χ3n) is 3.64. The summed E-state index contributed by atoms with van der Waals surface area (Å²) in [4.78, 5) is 9.08. The second kappa shape index (κ2) is 9.35. The van der Waals surface area contributed by atoms with Gasteiger partial charge < -0.3 is 15.1 Å². The Kier molecular flexibility index (Phi) is 7.13. The van der Waals surface area contributed by atoms with Crippen LogP contribution >= 0.6 is 11.3 Å². The van der Waals surface area contributed by atoms with Gasteiger partial charge >= 0.3 is 0 Å². The van der Waals surface area contributed by atoms with Gasteiger partial charge in [-0.2, -0.15) is 0 Å². The summed E-state index contributed by atoms with van der Waals surface area (Å²) in [6, 6.07) is 4.29. The highest BCUT2D eigenvalue weighted by molar-refractivity contribution is 7.09. The molecule has 2 N–H and O–H groups in total. The van der Waals surface area contributed by atoms with Crippen molar-refractivity contribution >= 4 is 17.3 Å². The highest BCUT2D eigenvalue weighted by Gasteiger charge is 2.09. The van der Waals surface area contributed by atoms with Crippen molar-refractivity contribution in [1.82, 2.24) is 15.6 Å². The molecule has 2 rings (SSSR count). The fourth-order valence-electron chi connectivity index (χ4n) is 2.03. The molecule has 126 valence electrons. The number of furan rings is 1. The van der Waals surface area contributed by atoms with Gasteiger partial charge in [-0.25, -0.2) is 4.98 Å². The molecule has 0 saturated carbocycles. The predicted octanol–water partition coefficient (Wildman–Crippen LogP) is 3.42. The summed E-state index contributed by atoms with van der Waals surface area (Å²) in [5.41, 5.74) is 0. The zero-order valence-electron chi connectivity index (χ0n) is 14.1. The van der Waals surface area contributed by atoms with Crippen LogP contribution in [0, 0.1) is 0 Å². The van der Waals surface area contributed by atoms with E-state index in [1.165, 1.54) is 0 Å². The van der Waals surface area contributed by atoms with Crippen molar-refractivity contribution in [2.75, 3.05) is 13.1 Å². The Morgan fingerprint density at radius 1 is 1.43 bits per heavy atom. The first-order valence-electron chi connectivity index (χ1n) is 8.15. The lowest BCUT2D eigenvalue weighted by molar-refractivity contribution is 0.506. The van der Waals surface area contributed by atoms with Crippen LogP contribution in [0.1, 0.15) is 43.9 Å². The maximum atomic E-state index is 5.36. The van der Waals surface area contributed by atoms with Gasteiger partial charge in [-0.1, -0.05) is 13.8 Å². The Morgan fingerprint density at radius 2 is 2.30 bits per heavy atom. The summed E-state index contributed by atoms with van der Waals surface area (Å²) in [7, 11) is 0. The minimum atomic E-state index is 0.329. The zero-order chi connectivity index (χ0) is 16.5. The number of guanidine groups is 1. The van der Waals surface area contributed by atoms with Crippen molar-refractivity contribution in [2.45, 2.75) is 45.6 Å². The molecule has 2 aromatic rings. The van der Waals surface area contributed by atoms with Crippen LogP contribution in [0.25, 0.3) is 0 Å². The predicted molar refractivity (Wildman–Crippen MR) is 96.1 cm³/mol. The van der Waals surface area contributed by atoms with Crippen LogP contribution in [0.15, 0.2) is 39.4 Å². The average molecular weight is 334 g/mol. The molecule has 2 atom stereocenters. The van der Waals surface area contributed by atoms with Crippen LogP contribution in [0.3, 0.4) is 0 Å². The number of thiazole rings is 1. The molecule has 0 saturated heterocycles. The van der Waals surface area contributed by atoms with Crippen molar-refractivity contribution in [3.63, 3.8) is 0 Å². The number of aromatic nitrogens is 1. The molecule has 0 bridgehead atoms. The molecule has 2 aromatic heterocycles. The Bertz CT molecular complexity index is 565. The molecule has 2 unspecified atom stereocenters. The second-order valence-electron chi connectivity index (χ2n) is 5.67. The van der Waals surface area contributed by atoms with E-state index in [1.54, 1.807) is 17.6 Å². The minimum Gasteiger partial charge on any atom is -0.469 e. The largest absolute Gasteiger partial charge is 0.469 e. The molecule has 5 nitrogen and oxygen atoms in total. The molecule has 2 heterocycles.